The molecule has 30 heavy (non-hydrogen) atoms. The molecular formula is C20H21BrN2O6S. The molecule has 1 heterocycles. The second-order valence-electron chi connectivity index (χ2n) is 6.60. The van der Waals surface area contributed by atoms with Gasteiger partial charge in [0.1, 0.15) is 0 Å². The van der Waals surface area contributed by atoms with Crippen LogP contribution in [0.25, 0.3) is 0 Å². The largest absolute Gasteiger partial charge is 0.452 e. The van der Waals surface area contributed by atoms with Gasteiger partial charge in [0.25, 0.3) is 5.91 Å². The number of ether oxygens (including phenoxy) is 2. The van der Waals surface area contributed by atoms with Crippen molar-refractivity contribution in [2.24, 2.45) is 0 Å². The van der Waals surface area contributed by atoms with E-state index in [0.29, 0.717) is 23.4 Å². The normalized spacial score (nSPS) is 14.9. The van der Waals surface area contributed by atoms with Crippen LogP contribution in [0.5, 0.6) is 0 Å². The SMILES string of the molecule is Cc1ccccc1NC(=O)COC(=O)c1ccc(Br)c(S(=O)(=O)N2CCOCC2)c1. The summed E-state index contributed by atoms with van der Waals surface area (Å²) in [5.74, 6) is -1.28. The van der Waals surface area contributed by atoms with E-state index in [1.165, 1.54) is 22.5 Å². The van der Waals surface area contributed by atoms with Crippen molar-refractivity contribution in [3.63, 3.8) is 0 Å². The monoisotopic (exact) mass is 496 g/mol. The molecule has 10 heteroatoms. The van der Waals surface area contributed by atoms with Crippen LogP contribution in [0, 0.1) is 6.92 Å². The number of carbonyl (C=O) groups excluding carboxylic acids is 2. The predicted molar refractivity (Wildman–Crippen MR) is 114 cm³/mol. The second kappa shape index (κ2) is 9.69. The van der Waals surface area contributed by atoms with E-state index in [9.17, 15) is 18.0 Å². The van der Waals surface area contributed by atoms with Crippen molar-refractivity contribution in [3.05, 3.63) is 58.1 Å². The fourth-order valence-electron chi connectivity index (χ4n) is 2.87. The fourth-order valence-corrected chi connectivity index (χ4v) is 5.23. The molecule has 1 aliphatic heterocycles. The average molecular weight is 497 g/mol. The number of morpholine rings is 1. The number of nitrogens with one attached hydrogen (secondary N) is 1. The van der Waals surface area contributed by atoms with Crippen LogP contribution in [-0.2, 0) is 24.3 Å². The van der Waals surface area contributed by atoms with Crippen molar-refractivity contribution in [2.45, 2.75) is 11.8 Å². The Kier molecular flexibility index (Phi) is 7.24. The van der Waals surface area contributed by atoms with Gasteiger partial charge in [0.15, 0.2) is 6.61 Å². The van der Waals surface area contributed by atoms with Crippen molar-refractivity contribution < 1.29 is 27.5 Å². The number of anilines is 1. The first kappa shape index (κ1) is 22.4. The Labute approximate surface area is 183 Å². The van der Waals surface area contributed by atoms with E-state index in [1.807, 2.05) is 19.1 Å². The quantitative estimate of drug-likeness (QED) is 0.616. The topological polar surface area (TPSA) is 102 Å². The zero-order chi connectivity index (χ0) is 21.7. The number of carbonyl (C=O) groups is 2. The lowest BCUT2D eigenvalue weighted by Gasteiger charge is -2.26. The van der Waals surface area contributed by atoms with Crippen molar-refractivity contribution in [1.29, 1.82) is 0 Å². The molecule has 160 valence electrons. The molecule has 0 spiro atoms. The van der Waals surface area contributed by atoms with Crippen LogP contribution in [0.15, 0.2) is 51.8 Å². The summed E-state index contributed by atoms with van der Waals surface area (Å²) in [6.45, 7) is 2.46. The summed E-state index contributed by atoms with van der Waals surface area (Å²) in [4.78, 5) is 24.4. The minimum Gasteiger partial charge on any atom is -0.452 e. The molecule has 1 N–H and O–H groups in total. The van der Waals surface area contributed by atoms with Gasteiger partial charge in [0.05, 0.1) is 23.7 Å². The van der Waals surface area contributed by atoms with Gasteiger partial charge >= 0.3 is 5.97 Å². The highest BCUT2D eigenvalue weighted by atomic mass is 79.9. The Morgan fingerprint density at radius 3 is 2.57 bits per heavy atom. The second-order valence-corrected chi connectivity index (χ2v) is 9.36. The van der Waals surface area contributed by atoms with Gasteiger partial charge in [-0.2, -0.15) is 4.31 Å². The summed E-state index contributed by atoms with van der Waals surface area (Å²) in [5.41, 5.74) is 1.54. The minimum atomic E-state index is -3.81. The highest BCUT2D eigenvalue weighted by Crippen LogP contribution is 2.27. The first-order chi connectivity index (χ1) is 14.3. The summed E-state index contributed by atoms with van der Waals surface area (Å²) in [6.07, 6.45) is 0. The molecule has 3 rings (SSSR count). The molecule has 0 aliphatic carbocycles. The third-order valence-corrected chi connectivity index (χ3v) is 7.40. The van der Waals surface area contributed by atoms with Gasteiger partial charge in [-0.1, -0.05) is 18.2 Å². The van der Waals surface area contributed by atoms with E-state index in [-0.39, 0.29) is 23.5 Å². The van der Waals surface area contributed by atoms with Crippen LogP contribution in [0.3, 0.4) is 0 Å². The maximum atomic E-state index is 12.9. The molecule has 1 amide bonds. The summed E-state index contributed by atoms with van der Waals surface area (Å²) >= 11 is 3.23. The molecule has 0 saturated carbocycles. The Morgan fingerprint density at radius 2 is 1.87 bits per heavy atom. The molecule has 2 aromatic carbocycles. The molecule has 8 nitrogen and oxygen atoms in total. The molecule has 0 aromatic heterocycles. The van der Waals surface area contributed by atoms with Gasteiger partial charge < -0.3 is 14.8 Å². The maximum Gasteiger partial charge on any atom is 0.338 e. The smallest absolute Gasteiger partial charge is 0.338 e. The van der Waals surface area contributed by atoms with Crippen molar-refractivity contribution in [2.75, 3.05) is 38.2 Å². The van der Waals surface area contributed by atoms with E-state index in [0.717, 1.165) is 5.56 Å². The van der Waals surface area contributed by atoms with Crippen LogP contribution < -0.4 is 5.32 Å². The summed E-state index contributed by atoms with van der Waals surface area (Å²) in [7, 11) is -3.81. The third kappa shape index (κ3) is 5.25. The molecule has 0 unspecified atom stereocenters. The molecule has 1 aliphatic rings. The molecule has 1 fully saturated rings. The van der Waals surface area contributed by atoms with Crippen LogP contribution >= 0.6 is 15.9 Å². The maximum absolute atomic E-state index is 12.9. The first-order valence-corrected chi connectivity index (χ1v) is 11.4. The van der Waals surface area contributed by atoms with Gasteiger partial charge in [-0.3, -0.25) is 4.79 Å². The molecule has 2 aromatic rings. The molecule has 0 radical (unpaired) electrons. The lowest BCUT2D eigenvalue weighted by Crippen LogP contribution is -2.40. The summed E-state index contributed by atoms with van der Waals surface area (Å²) in [5, 5.41) is 2.67. The number of hydrogen-bond donors (Lipinski definition) is 1. The van der Waals surface area contributed by atoms with Gasteiger partial charge in [0.2, 0.25) is 10.0 Å². The van der Waals surface area contributed by atoms with Gasteiger partial charge in [0, 0.05) is 23.2 Å². The predicted octanol–water partition coefficient (Wildman–Crippen LogP) is 2.57. The Hall–Kier alpha value is -2.27. The number of esters is 1. The van der Waals surface area contributed by atoms with Crippen LogP contribution in [-0.4, -0.2) is 57.5 Å². The number of hydrogen-bond acceptors (Lipinski definition) is 6. The zero-order valence-corrected chi connectivity index (χ0v) is 18.7. The van der Waals surface area contributed by atoms with Gasteiger partial charge in [-0.25, -0.2) is 13.2 Å². The number of nitrogens with zero attached hydrogens (tertiary/aromatic N) is 1. The molecule has 0 atom stereocenters. The minimum absolute atomic E-state index is 0.0359. The number of sulfonamides is 1. The number of halogens is 1. The number of para-hydroxylation sites is 1. The van der Waals surface area contributed by atoms with Crippen molar-refractivity contribution >= 4 is 43.5 Å². The highest BCUT2D eigenvalue weighted by Gasteiger charge is 2.29. The first-order valence-electron chi connectivity index (χ1n) is 9.19. The number of amides is 1. The zero-order valence-electron chi connectivity index (χ0n) is 16.3. The highest BCUT2D eigenvalue weighted by molar-refractivity contribution is 9.10. The summed E-state index contributed by atoms with van der Waals surface area (Å²) in [6, 6.07) is 11.4. The number of benzene rings is 2. The van der Waals surface area contributed by atoms with E-state index in [4.69, 9.17) is 9.47 Å². The van der Waals surface area contributed by atoms with Crippen LogP contribution in [0.2, 0.25) is 0 Å². The molecule has 1 saturated heterocycles. The lowest BCUT2D eigenvalue weighted by molar-refractivity contribution is -0.119. The Balaban J connectivity index is 1.68. The lowest BCUT2D eigenvalue weighted by atomic mass is 10.2. The van der Waals surface area contributed by atoms with E-state index in [1.54, 1.807) is 12.1 Å². The molecular weight excluding hydrogens is 476 g/mol. The average Bonchev–Trinajstić information content (AvgIpc) is 2.74. The van der Waals surface area contributed by atoms with Crippen LogP contribution in [0.1, 0.15) is 15.9 Å². The van der Waals surface area contributed by atoms with E-state index in [2.05, 4.69) is 21.2 Å². The number of rotatable bonds is 6. The van der Waals surface area contributed by atoms with E-state index < -0.39 is 28.5 Å². The third-order valence-electron chi connectivity index (χ3n) is 4.51. The Morgan fingerprint density at radius 1 is 1.17 bits per heavy atom. The van der Waals surface area contributed by atoms with Crippen molar-refractivity contribution in [3.8, 4) is 0 Å². The Bertz CT molecular complexity index is 1050. The fraction of sp³-hybridized carbons (Fsp3) is 0.300. The van der Waals surface area contributed by atoms with Gasteiger partial charge in [-0.05, 0) is 52.7 Å². The van der Waals surface area contributed by atoms with Gasteiger partial charge in [-0.15, -0.1) is 0 Å². The van der Waals surface area contributed by atoms with Crippen LogP contribution in [0.4, 0.5) is 5.69 Å². The number of aryl methyl sites for hydroxylation is 1. The summed E-state index contributed by atoms with van der Waals surface area (Å²) < 4.78 is 37.7. The van der Waals surface area contributed by atoms with E-state index >= 15 is 0 Å². The molecule has 0 bridgehead atoms. The van der Waals surface area contributed by atoms with Crippen molar-refractivity contribution in [1.82, 2.24) is 4.31 Å². The standard InChI is InChI=1S/C20H21BrN2O6S/c1-14-4-2-3-5-17(14)22-19(24)13-29-20(25)15-6-7-16(21)18(12-15)30(26,27)23-8-10-28-11-9-23/h2-7,12H,8-11,13H2,1H3,(H,22,24).